The van der Waals surface area contributed by atoms with Gasteiger partial charge in [0.05, 0.1) is 18.4 Å². The van der Waals surface area contributed by atoms with Crippen LogP contribution in [0.2, 0.25) is 0 Å². The van der Waals surface area contributed by atoms with Gasteiger partial charge in [-0.25, -0.2) is 0 Å². The van der Waals surface area contributed by atoms with Crippen molar-refractivity contribution in [1.29, 1.82) is 5.26 Å². The Morgan fingerprint density at radius 2 is 1.86 bits per heavy atom. The molecule has 0 aliphatic heterocycles. The lowest BCUT2D eigenvalue weighted by Gasteiger charge is -2.11. The summed E-state index contributed by atoms with van der Waals surface area (Å²) in [5.74, 6) is 0.104. The molecule has 0 fully saturated rings. The van der Waals surface area contributed by atoms with E-state index in [0.29, 0.717) is 11.3 Å². The molecule has 0 unspecified atom stereocenters. The molecule has 28 heavy (non-hydrogen) atoms. The van der Waals surface area contributed by atoms with E-state index in [1.807, 2.05) is 18.2 Å². The number of aromatic nitrogens is 1. The minimum Gasteiger partial charge on any atom is -0.497 e. The summed E-state index contributed by atoms with van der Waals surface area (Å²) in [5.41, 5.74) is 0.797. The zero-order valence-corrected chi connectivity index (χ0v) is 15.1. The SMILES string of the molecule is COc1ccc(COn2cccc(C(=O)Nc3ccccc3C#N)c2=O)cc1. The minimum atomic E-state index is -0.616. The van der Waals surface area contributed by atoms with Crippen molar-refractivity contribution in [2.24, 2.45) is 0 Å². The zero-order valence-electron chi connectivity index (χ0n) is 15.1. The van der Waals surface area contributed by atoms with Crippen molar-refractivity contribution in [2.75, 3.05) is 12.4 Å². The first-order valence-corrected chi connectivity index (χ1v) is 8.40. The Hall–Kier alpha value is -4.05. The molecule has 1 amide bonds. The van der Waals surface area contributed by atoms with E-state index >= 15 is 0 Å². The molecule has 0 atom stereocenters. The van der Waals surface area contributed by atoms with E-state index in [-0.39, 0.29) is 12.2 Å². The highest BCUT2D eigenvalue weighted by atomic mass is 16.7. The molecule has 140 valence electrons. The molecule has 2 aromatic carbocycles. The highest BCUT2D eigenvalue weighted by Gasteiger charge is 2.14. The molecular formula is C21H17N3O4. The van der Waals surface area contributed by atoms with Gasteiger partial charge in [-0.3, -0.25) is 9.59 Å². The van der Waals surface area contributed by atoms with Gasteiger partial charge in [0.2, 0.25) is 0 Å². The highest BCUT2D eigenvalue weighted by Crippen LogP contribution is 2.14. The minimum absolute atomic E-state index is 0.0926. The largest absolute Gasteiger partial charge is 0.497 e. The van der Waals surface area contributed by atoms with Crippen molar-refractivity contribution in [2.45, 2.75) is 6.61 Å². The van der Waals surface area contributed by atoms with E-state index in [1.54, 1.807) is 49.6 Å². The van der Waals surface area contributed by atoms with Gasteiger partial charge in [0.25, 0.3) is 11.5 Å². The van der Waals surface area contributed by atoms with E-state index < -0.39 is 11.5 Å². The van der Waals surface area contributed by atoms with Crippen molar-refractivity contribution in [3.8, 4) is 11.8 Å². The number of rotatable bonds is 6. The number of nitrogens with one attached hydrogen (secondary N) is 1. The summed E-state index contributed by atoms with van der Waals surface area (Å²) in [4.78, 5) is 30.6. The van der Waals surface area contributed by atoms with Crippen LogP contribution < -0.4 is 20.5 Å². The predicted molar refractivity (Wildman–Crippen MR) is 103 cm³/mol. The van der Waals surface area contributed by atoms with E-state index in [4.69, 9.17) is 14.8 Å². The van der Waals surface area contributed by atoms with Crippen LogP contribution in [-0.4, -0.2) is 17.7 Å². The van der Waals surface area contributed by atoms with Crippen molar-refractivity contribution in [3.05, 3.63) is 93.9 Å². The number of methoxy groups -OCH3 is 1. The number of para-hydroxylation sites is 1. The lowest BCUT2D eigenvalue weighted by Crippen LogP contribution is -2.32. The average molecular weight is 375 g/mol. The molecule has 3 aromatic rings. The van der Waals surface area contributed by atoms with Crippen LogP contribution in [0.1, 0.15) is 21.5 Å². The Labute approximate surface area is 161 Å². The van der Waals surface area contributed by atoms with Crippen LogP contribution in [0.15, 0.2) is 71.7 Å². The van der Waals surface area contributed by atoms with E-state index in [1.165, 1.54) is 12.3 Å². The molecule has 0 spiro atoms. The summed E-state index contributed by atoms with van der Waals surface area (Å²) < 4.78 is 6.11. The smallest absolute Gasteiger partial charge is 0.295 e. The summed E-state index contributed by atoms with van der Waals surface area (Å²) in [6.45, 7) is 0.145. The molecule has 0 aliphatic rings. The van der Waals surface area contributed by atoms with Crippen LogP contribution in [0.25, 0.3) is 0 Å². The first kappa shape index (κ1) is 18.7. The fraction of sp³-hybridized carbons (Fsp3) is 0.0952. The molecule has 1 N–H and O–H groups in total. The number of nitriles is 1. The topological polar surface area (TPSA) is 93.3 Å². The number of benzene rings is 2. The van der Waals surface area contributed by atoms with E-state index in [0.717, 1.165) is 16.0 Å². The number of hydrogen-bond donors (Lipinski definition) is 1. The lowest BCUT2D eigenvalue weighted by atomic mass is 10.2. The maximum absolute atomic E-state index is 12.6. The maximum Gasteiger partial charge on any atom is 0.295 e. The second-order valence-corrected chi connectivity index (χ2v) is 5.79. The van der Waals surface area contributed by atoms with Crippen LogP contribution in [0.3, 0.4) is 0 Å². The summed E-state index contributed by atoms with van der Waals surface area (Å²) in [6, 6.07) is 18.7. The zero-order chi connectivity index (χ0) is 19.9. The molecule has 0 saturated heterocycles. The summed E-state index contributed by atoms with van der Waals surface area (Å²) in [6.07, 6.45) is 1.44. The Morgan fingerprint density at radius 3 is 2.57 bits per heavy atom. The van der Waals surface area contributed by atoms with Crippen molar-refractivity contribution >= 4 is 11.6 Å². The highest BCUT2D eigenvalue weighted by molar-refractivity contribution is 6.04. The number of carbonyl (C=O) groups excluding carboxylic acids is 1. The van der Waals surface area contributed by atoms with Gasteiger partial charge in [0.15, 0.2) is 0 Å². The van der Waals surface area contributed by atoms with E-state index in [9.17, 15) is 9.59 Å². The van der Waals surface area contributed by atoms with Gasteiger partial charge >= 0.3 is 0 Å². The number of carbonyl (C=O) groups is 1. The molecule has 7 heteroatoms. The number of nitrogens with zero attached hydrogens (tertiary/aromatic N) is 2. The van der Waals surface area contributed by atoms with Gasteiger partial charge in [0.1, 0.15) is 24.0 Å². The molecule has 0 saturated carbocycles. The Balaban J connectivity index is 1.75. The third kappa shape index (κ3) is 4.19. The van der Waals surface area contributed by atoms with Gasteiger partial charge in [-0.1, -0.05) is 24.3 Å². The third-order valence-electron chi connectivity index (χ3n) is 3.98. The number of pyridine rings is 1. The number of amides is 1. The number of hydrogen-bond acceptors (Lipinski definition) is 5. The Bertz CT molecular complexity index is 1080. The van der Waals surface area contributed by atoms with Crippen molar-refractivity contribution in [1.82, 2.24) is 4.73 Å². The normalized spacial score (nSPS) is 10.0. The quantitative estimate of drug-likeness (QED) is 0.715. The monoisotopic (exact) mass is 375 g/mol. The second-order valence-electron chi connectivity index (χ2n) is 5.79. The van der Waals surface area contributed by atoms with E-state index in [2.05, 4.69) is 5.32 Å². The Kier molecular flexibility index (Phi) is 5.72. The van der Waals surface area contributed by atoms with Crippen LogP contribution in [0, 0.1) is 11.3 Å². The van der Waals surface area contributed by atoms with Gasteiger partial charge in [0, 0.05) is 6.20 Å². The van der Waals surface area contributed by atoms with Gasteiger partial charge in [-0.15, -0.1) is 0 Å². The summed E-state index contributed by atoms with van der Waals surface area (Å²) in [7, 11) is 1.58. The molecule has 3 rings (SSSR count). The maximum atomic E-state index is 12.6. The second kappa shape index (κ2) is 8.56. The van der Waals surface area contributed by atoms with Crippen molar-refractivity contribution in [3.63, 3.8) is 0 Å². The average Bonchev–Trinajstić information content (AvgIpc) is 2.73. The molecule has 0 radical (unpaired) electrons. The Morgan fingerprint density at radius 1 is 1.11 bits per heavy atom. The molecule has 0 aliphatic carbocycles. The predicted octanol–water partition coefficient (Wildman–Crippen LogP) is 2.61. The molecular weight excluding hydrogens is 358 g/mol. The number of anilines is 1. The standard InChI is InChI=1S/C21H17N3O4/c1-27-17-10-8-15(9-11-17)14-28-24-12-4-6-18(21(24)26)20(25)23-19-7-3-2-5-16(19)13-22/h2-12H,14H2,1H3,(H,23,25). The lowest BCUT2D eigenvalue weighted by molar-refractivity contribution is 0.0863. The molecule has 0 bridgehead atoms. The van der Waals surface area contributed by atoms with Crippen LogP contribution >= 0.6 is 0 Å². The molecule has 7 nitrogen and oxygen atoms in total. The first-order chi connectivity index (χ1) is 13.6. The fourth-order valence-electron chi connectivity index (χ4n) is 2.49. The van der Waals surface area contributed by atoms with Crippen LogP contribution in [0.4, 0.5) is 5.69 Å². The third-order valence-corrected chi connectivity index (χ3v) is 3.98. The summed E-state index contributed by atoms with van der Waals surface area (Å²) in [5, 5.41) is 11.7. The first-order valence-electron chi connectivity index (χ1n) is 8.40. The van der Waals surface area contributed by atoms with Gasteiger partial charge in [-0.2, -0.15) is 9.99 Å². The van der Waals surface area contributed by atoms with Gasteiger partial charge < -0.3 is 14.9 Å². The summed E-state index contributed by atoms with van der Waals surface area (Å²) >= 11 is 0. The van der Waals surface area contributed by atoms with Crippen molar-refractivity contribution < 1.29 is 14.4 Å². The van der Waals surface area contributed by atoms with Gasteiger partial charge in [-0.05, 0) is 42.0 Å². The molecule has 1 aromatic heterocycles. The number of ether oxygens (including phenoxy) is 1. The molecule has 1 heterocycles. The van der Waals surface area contributed by atoms with Crippen LogP contribution in [-0.2, 0) is 6.61 Å². The van der Waals surface area contributed by atoms with Crippen LogP contribution in [0.5, 0.6) is 5.75 Å². The fourth-order valence-corrected chi connectivity index (χ4v) is 2.49.